The molecule has 1 heterocycles. The molecule has 2 aromatic rings. The van der Waals surface area contributed by atoms with Gasteiger partial charge in [-0.15, -0.1) is 0 Å². The smallest absolute Gasteiger partial charge is 0.248 e. The molecular weight excluding hydrogens is 252 g/mol. The van der Waals surface area contributed by atoms with Crippen molar-refractivity contribution in [3.8, 4) is 0 Å². The standard InChI is InChI=1S/C12H13ClN4O/c1-17-5-4-11(16-17)15-7-9-3-2-8(12(14)18)6-10(9)13/h2-6H,7H2,1H3,(H2,14,18)(H,15,16). The van der Waals surface area contributed by atoms with E-state index < -0.39 is 5.91 Å². The second-order valence-corrected chi connectivity index (χ2v) is 4.31. The summed E-state index contributed by atoms with van der Waals surface area (Å²) in [7, 11) is 1.85. The van der Waals surface area contributed by atoms with Gasteiger partial charge in [0.15, 0.2) is 0 Å². The number of carbonyl (C=O) groups excluding carboxylic acids is 1. The molecule has 0 saturated heterocycles. The van der Waals surface area contributed by atoms with Crippen molar-refractivity contribution in [2.24, 2.45) is 12.8 Å². The number of amides is 1. The first-order valence-corrected chi connectivity index (χ1v) is 5.76. The van der Waals surface area contributed by atoms with Gasteiger partial charge in [-0.25, -0.2) is 0 Å². The lowest BCUT2D eigenvalue weighted by molar-refractivity contribution is 0.100. The molecule has 0 unspecified atom stereocenters. The lowest BCUT2D eigenvalue weighted by Crippen LogP contribution is -2.11. The predicted octanol–water partition coefficient (Wildman–Crippen LogP) is 1.78. The number of anilines is 1. The summed E-state index contributed by atoms with van der Waals surface area (Å²) in [4.78, 5) is 11.0. The molecule has 0 fully saturated rings. The van der Waals surface area contributed by atoms with Gasteiger partial charge in [0.2, 0.25) is 5.91 Å². The molecule has 1 amide bonds. The van der Waals surface area contributed by atoms with E-state index >= 15 is 0 Å². The van der Waals surface area contributed by atoms with Crippen molar-refractivity contribution >= 4 is 23.3 Å². The van der Waals surface area contributed by atoms with Crippen LogP contribution in [0.3, 0.4) is 0 Å². The predicted molar refractivity (Wildman–Crippen MR) is 70.5 cm³/mol. The highest BCUT2D eigenvalue weighted by Crippen LogP contribution is 2.18. The molecule has 0 bridgehead atoms. The van der Waals surface area contributed by atoms with Gasteiger partial charge in [-0.05, 0) is 17.7 Å². The van der Waals surface area contributed by atoms with Crippen LogP contribution in [0.5, 0.6) is 0 Å². The van der Waals surface area contributed by atoms with Crippen LogP contribution in [0.25, 0.3) is 0 Å². The highest BCUT2D eigenvalue weighted by molar-refractivity contribution is 6.31. The van der Waals surface area contributed by atoms with Crippen LogP contribution in [0.2, 0.25) is 5.02 Å². The van der Waals surface area contributed by atoms with E-state index in [-0.39, 0.29) is 0 Å². The summed E-state index contributed by atoms with van der Waals surface area (Å²) >= 11 is 6.07. The topological polar surface area (TPSA) is 72.9 Å². The Labute approximate surface area is 110 Å². The van der Waals surface area contributed by atoms with E-state index in [2.05, 4.69) is 10.4 Å². The monoisotopic (exact) mass is 264 g/mol. The van der Waals surface area contributed by atoms with Crippen LogP contribution < -0.4 is 11.1 Å². The number of primary amides is 1. The van der Waals surface area contributed by atoms with Crippen LogP contribution in [0.15, 0.2) is 30.5 Å². The Morgan fingerprint density at radius 1 is 1.50 bits per heavy atom. The SMILES string of the molecule is Cn1ccc(NCc2ccc(C(N)=O)cc2Cl)n1. The quantitative estimate of drug-likeness (QED) is 0.884. The molecule has 6 heteroatoms. The van der Waals surface area contributed by atoms with Gasteiger partial charge in [-0.1, -0.05) is 17.7 Å². The lowest BCUT2D eigenvalue weighted by atomic mass is 10.1. The lowest BCUT2D eigenvalue weighted by Gasteiger charge is -2.06. The van der Waals surface area contributed by atoms with E-state index in [1.54, 1.807) is 22.9 Å². The Hall–Kier alpha value is -2.01. The molecule has 2 rings (SSSR count). The van der Waals surface area contributed by atoms with Crippen LogP contribution in [0.1, 0.15) is 15.9 Å². The number of nitrogens with two attached hydrogens (primary N) is 1. The molecule has 0 atom stereocenters. The van der Waals surface area contributed by atoms with Gasteiger partial charge < -0.3 is 11.1 Å². The third-order valence-electron chi connectivity index (χ3n) is 2.51. The van der Waals surface area contributed by atoms with Crippen LogP contribution in [-0.2, 0) is 13.6 Å². The molecule has 0 saturated carbocycles. The molecule has 1 aromatic heterocycles. The second-order valence-electron chi connectivity index (χ2n) is 3.90. The zero-order valence-electron chi connectivity index (χ0n) is 9.85. The third-order valence-corrected chi connectivity index (χ3v) is 2.86. The molecular formula is C12H13ClN4O. The summed E-state index contributed by atoms with van der Waals surface area (Å²) in [6, 6.07) is 6.87. The zero-order valence-corrected chi connectivity index (χ0v) is 10.6. The van der Waals surface area contributed by atoms with Gasteiger partial charge in [0, 0.05) is 36.4 Å². The largest absolute Gasteiger partial charge is 0.366 e. The Morgan fingerprint density at radius 2 is 2.28 bits per heavy atom. The van der Waals surface area contributed by atoms with Crippen molar-refractivity contribution in [2.45, 2.75) is 6.54 Å². The van der Waals surface area contributed by atoms with Crippen molar-refractivity contribution < 1.29 is 4.79 Å². The number of nitrogens with zero attached hydrogens (tertiary/aromatic N) is 2. The molecule has 94 valence electrons. The number of hydrogen-bond donors (Lipinski definition) is 2. The molecule has 0 aliphatic rings. The molecule has 1 aromatic carbocycles. The Morgan fingerprint density at radius 3 is 2.83 bits per heavy atom. The van der Waals surface area contributed by atoms with E-state index in [0.29, 0.717) is 17.1 Å². The number of nitrogens with one attached hydrogen (secondary N) is 1. The minimum Gasteiger partial charge on any atom is -0.366 e. The number of carbonyl (C=O) groups is 1. The molecule has 5 nitrogen and oxygen atoms in total. The number of aryl methyl sites for hydroxylation is 1. The second kappa shape index (κ2) is 5.10. The molecule has 0 aliphatic carbocycles. The van der Waals surface area contributed by atoms with E-state index in [4.69, 9.17) is 17.3 Å². The first kappa shape index (κ1) is 12.4. The van der Waals surface area contributed by atoms with Gasteiger partial charge >= 0.3 is 0 Å². The number of halogens is 1. The van der Waals surface area contributed by atoms with E-state index in [9.17, 15) is 4.79 Å². The normalized spacial score (nSPS) is 10.3. The number of rotatable bonds is 4. The minimum atomic E-state index is -0.485. The zero-order chi connectivity index (χ0) is 13.1. The first-order valence-electron chi connectivity index (χ1n) is 5.38. The van der Waals surface area contributed by atoms with E-state index in [1.807, 2.05) is 19.3 Å². The minimum absolute atomic E-state index is 0.404. The number of aromatic nitrogens is 2. The summed E-state index contributed by atoms with van der Waals surface area (Å²) in [5.41, 5.74) is 6.46. The fraction of sp³-hybridized carbons (Fsp3) is 0.167. The fourth-order valence-corrected chi connectivity index (χ4v) is 1.79. The van der Waals surface area contributed by atoms with Gasteiger partial charge in [-0.2, -0.15) is 5.10 Å². The Kier molecular flexibility index (Phi) is 3.53. The maximum absolute atomic E-state index is 11.0. The summed E-state index contributed by atoms with van der Waals surface area (Å²) < 4.78 is 1.71. The molecule has 0 aliphatic heterocycles. The number of hydrogen-bond acceptors (Lipinski definition) is 3. The first-order chi connectivity index (χ1) is 8.56. The molecule has 18 heavy (non-hydrogen) atoms. The average molecular weight is 265 g/mol. The Bertz CT molecular complexity index is 579. The van der Waals surface area contributed by atoms with Crippen molar-refractivity contribution in [1.29, 1.82) is 0 Å². The van der Waals surface area contributed by atoms with Gasteiger partial charge in [-0.3, -0.25) is 9.48 Å². The molecule has 0 spiro atoms. The summed E-state index contributed by atoms with van der Waals surface area (Å²) in [5.74, 6) is 0.286. The van der Waals surface area contributed by atoms with E-state index in [1.165, 1.54) is 0 Å². The van der Waals surface area contributed by atoms with Crippen molar-refractivity contribution in [1.82, 2.24) is 9.78 Å². The van der Waals surface area contributed by atoms with Gasteiger partial charge in [0.05, 0.1) is 0 Å². The average Bonchev–Trinajstić information content (AvgIpc) is 2.73. The van der Waals surface area contributed by atoms with Crippen LogP contribution in [0, 0.1) is 0 Å². The van der Waals surface area contributed by atoms with E-state index in [0.717, 1.165) is 11.4 Å². The van der Waals surface area contributed by atoms with Crippen molar-refractivity contribution in [3.05, 3.63) is 46.6 Å². The number of benzene rings is 1. The van der Waals surface area contributed by atoms with Gasteiger partial charge in [0.1, 0.15) is 5.82 Å². The Balaban J connectivity index is 2.08. The van der Waals surface area contributed by atoms with Crippen LogP contribution in [-0.4, -0.2) is 15.7 Å². The third kappa shape index (κ3) is 2.81. The highest BCUT2D eigenvalue weighted by atomic mass is 35.5. The fourth-order valence-electron chi connectivity index (χ4n) is 1.54. The molecule has 0 radical (unpaired) electrons. The summed E-state index contributed by atoms with van der Waals surface area (Å²) in [6.45, 7) is 0.537. The van der Waals surface area contributed by atoms with Crippen LogP contribution >= 0.6 is 11.6 Å². The van der Waals surface area contributed by atoms with Crippen molar-refractivity contribution in [3.63, 3.8) is 0 Å². The highest BCUT2D eigenvalue weighted by Gasteiger charge is 2.06. The summed E-state index contributed by atoms with van der Waals surface area (Å²) in [5, 5.41) is 7.84. The van der Waals surface area contributed by atoms with Crippen molar-refractivity contribution in [2.75, 3.05) is 5.32 Å². The molecule has 3 N–H and O–H groups in total. The maximum atomic E-state index is 11.0. The van der Waals surface area contributed by atoms with Gasteiger partial charge in [0.25, 0.3) is 0 Å². The maximum Gasteiger partial charge on any atom is 0.248 e. The van der Waals surface area contributed by atoms with Crippen LogP contribution in [0.4, 0.5) is 5.82 Å². The summed E-state index contributed by atoms with van der Waals surface area (Å²) in [6.07, 6.45) is 1.85.